The quantitative estimate of drug-likeness (QED) is 0.0832. The van der Waals surface area contributed by atoms with Crippen LogP contribution in [0.4, 0.5) is 0 Å². The number of H-pyrrole nitrogens is 2. The first-order valence-corrected chi connectivity index (χ1v) is 20.7. The summed E-state index contributed by atoms with van der Waals surface area (Å²) in [7, 11) is 0. The number of hydrogen-bond donors (Lipinski definition) is 3. The predicted molar refractivity (Wildman–Crippen MR) is 248 cm³/mol. The fourth-order valence-corrected chi connectivity index (χ4v) is 7.85. The molecule has 9 heteroatoms. The lowest BCUT2D eigenvalue weighted by molar-refractivity contribution is 0.0106. The molecule has 61 heavy (non-hydrogen) atoms. The molecule has 0 atom stereocenters. The van der Waals surface area contributed by atoms with Gasteiger partial charge in [0.05, 0.1) is 62.4 Å². The minimum absolute atomic E-state index is 0.361. The largest absolute Gasteiger partial charge is 0.491 e. The lowest BCUT2D eigenvalue weighted by atomic mass is 10.0. The minimum Gasteiger partial charge on any atom is -0.491 e. The van der Waals surface area contributed by atoms with Gasteiger partial charge in [-0.3, -0.25) is 0 Å². The topological polar surface area (TPSA) is 120 Å². The average Bonchev–Trinajstić information content (AvgIpc) is 4.16. The molecule has 0 amide bonds. The summed E-state index contributed by atoms with van der Waals surface area (Å²) in [6.45, 7) is 3.75. The van der Waals surface area contributed by atoms with E-state index in [1.807, 2.05) is 36.4 Å². The molecule has 5 heterocycles. The standard InChI is InChI=1S/C52H47N5O4/c53-28-29-58-30-31-59-32-33-60-34-35-61-48-19-11-10-18-39(48)52-46-26-24-44(56-46)50(37-14-6-2-7-15-37)42-22-20-40(54-42)49(36-12-4-1-5-13-36)41-21-23-43(55-41)51(38-16-8-3-9-17-38)45-25-27-47(52)57-45/h1-27,54,57H,28-35,53H2. The number of hydrogen-bond acceptors (Lipinski definition) is 7. The lowest BCUT2D eigenvalue weighted by Crippen LogP contribution is -2.14. The summed E-state index contributed by atoms with van der Waals surface area (Å²) in [6.07, 6.45) is 8.45. The van der Waals surface area contributed by atoms with E-state index in [1.165, 1.54) is 0 Å². The van der Waals surface area contributed by atoms with Crippen LogP contribution in [-0.2, 0) is 14.2 Å². The second-order valence-corrected chi connectivity index (χ2v) is 14.6. The van der Waals surface area contributed by atoms with E-state index < -0.39 is 0 Å². The highest BCUT2D eigenvalue weighted by molar-refractivity contribution is 6.00. The number of aromatic nitrogens is 4. The molecule has 0 unspecified atom stereocenters. The van der Waals surface area contributed by atoms with Crippen molar-refractivity contribution in [1.82, 2.24) is 19.9 Å². The second kappa shape index (κ2) is 19.0. The average molecular weight is 806 g/mol. The number of nitrogens with one attached hydrogen (secondary N) is 2. The first-order valence-electron chi connectivity index (χ1n) is 20.7. The van der Waals surface area contributed by atoms with Gasteiger partial charge in [-0.05, 0) is 71.3 Å². The molecule has 0 aliphatic carbocycles. The van der Waals surface area contributed by atoms with Crippen LogP contribution in [0.1, 0.15) is 22.8 Å². The van der Waals surface area contributed by atoms with Gasteiger partial charge in [0.15, 0.2) is 0 Å². The monoisotopic (exact) mass is 805 g/mol. The van der Waals surface area contributed by atoms with Crippen molar-refractivity contribution in [2.24, 2.45) is 5.73 Å². The van der Waals surface area contributed by atoms with Gasteiger partial charge < -0.3 is 34.6 Å². The van der Waals surface area contributed by atoms with Gasteiger partial charge >= 0.3 is 0 Å². The van der Waals surface area contributed by atoms with Crippen LogP contribution in [0.25, 0.3) is 90.9 Å². The molecule has 7 aromatic rings. The van der Waals surface area contributed by atoms with E-state index in [4.69, 9.17) is 34.6 Å². The third kappa shape index (κ3) is 8.87. The van der Waals surface area contributed by atoms with Crippen LogP contribution in [-0.4, -0.2) is 72.7 Å². The molecule has 4 aromatic carbocycles. The number of ether oxygens (including phenoxy) is 4. The predicted octanol–water partition coefficient (Wildman–Crippen LogP) is 10.7. The molecule has 3 aromatic heterocycles. The molecule has 0 radical (unpaired) electrons. The van der Waals surface area contributed by atoms with Crippen LogP contribution in [0, 0.1) is 0 Å². The van der Waals surface area contributed by atoms with Crippen LogP contribution in [0.5, 0.6) is 5.75 Å². The zero-order valence-electron chi connectivity index (χ0n) is 33.9. The summed E-state index contributed by atoms with van der Waals surface area (Å²) in [5.74, 6) is 0.726. The Balaban J connectivity index is 1.22. The molecule has 0 saturated carbocycles. The normalized spacial score (nSPS) is 12.0. The molecule has 304 valence electrons. The third-order valence-corrected chi connectivity index (χ3v) is 10.6. The fourth-order valence-electron chi connectivity index (χ4n) is 7.85. The molecule has 2 aliphatic heterocycles. The number of aromatic amines is 2. The first kappa shape index (κ1) is 39.6. The summed E-state index contributed by atoms with van der Waals surface area (Å²) in [4.78, 5) is 18.5. The van der Waals surface area contributed by atoms with Gasteiger partial charge in [0.25, 0.3) is 0 Å². The number of benzene rings is 4. The number of fused-ring (bicyclic) bond motifs is 8. The van der Waals surface area contributed by atoms with E-state index >= 15 is 0 Å². The molecule has 0 saturated heterocycles. The van der Waals surface area contributed by atoms with Crippen molar-refractivity contribution in [3.8, 4) is 50.3 Å². The van der Waals surface area contributed by atoms with Crippen molar-refractivity contribution in [2.45, 2.75) is 0 Å². The molecule has 0 fully saturated rings. The van der Waals surface area contributed by atoms with Crippen molar-refractivity contribution >= 4 is 46.4 Å². The Morgan fingerprint density at radius 2 is 0.738 bits per heavy atom. The van der Waals surface area contributed by atoms with Gasteiger partial charge in [0, 0.05) is 56.4 Å². The van der Waals surface area contributed by atoms with Gasteiger partial charge in [-0.25, -0.2) is 9.97 Å². The van der Waals surface area contributed by atoms with E-state index in [1.54, 1.807) is 0 Å². The Morgan fingerprint density at radius 1 is 0.377 bits per heavy atom. The number of rotatable bonds is 16. The van der Waals surface area contributed by atoms with Crippen molar-refractivity contribution in [3.63, 3.8) is 0 Å². The van der Waals surface area contributed by atoms with Gasteiger partial charge in [-0.15, -0.1) is 0 Å². The van der Waals surface area contributed by atoms with E-state index in [0.29, 0.717) is 52.8 Å². The minimum atomic E-state index is 0.361. The highest BCUT2D eigenvalue weighted by Crippen LogP contribution is 2.40. The molecule has 9 rings (SSSR count). The Labute approximate surface area is 355 Å². The van der Waals surface area contributed by atoms with Gasteiger partial charge in [0.1, 0.15) is 12.4 Å². The smallest absolute Gasteiger partial charge is 0.127 e. The van der Waals surface area contributed by atoms with E-state index in [0.717, 1.165) is 95.1 Å². The zero-order chi connectivity index (χ0) is 41.2. The molecule has 9 nitrogen and oxygen atoms in total. The lowest BCUT2D eigenvalue weighted by Gasteiger charge is -2.13. The van der Waals surface area contributed by atoms with Crippen LogP contribution in [0.3, 0.4) is 0 Å². The van der Waals surface area contributed by atoms with Crippen molar-refractivity contribution in [2.75, 3.05) is 52.8 Å². The van der Waals surface area contributed by atoms with Crippen LogP contribution < -0.4 is 10.5 Å². The number of nitrogens with two attached hydrogens (primary N) is 1. The molecular weight excluding hydrogens is 759 g/mol. The Bertz CT molecular complexity index is 2790. The van der Waals surface area contributed by atoms with E-state index in [2.05, 4.69) is 137 Å². The van der Waals surface area contributed by atoms with E-state index in [-0.39, 0.29) is 0 Å². The Morgan fingerprint density at radius 3 is 1.18 bits per heavy atom. The maximum atomic E-state index is 6.48. The third-order valence-electron chi connectivity index (χ3n) is 10.6. The maximum absolute atomic E-state index is 6.48. The number of nitrogens with zero attached hydrogens (tertiary/aromatic N) is 2. The molecular formula is C52H47N5O4. The van der Waals surface area contributed by atoms with Crippen molar-refractivity contribution in [3.05, 3.63) is 162 Å². The van der Waals surface area contributed by atoms with Crippen LogP contribution in [0.15, 0.2) is 140 Å². The molecule has 2 aliphatic rings. The van der Waals surface area contributed by atoms with E-state index in [9.17, 15) is 0 Å². The highest BCUT2D eigenvalue weighted by atomic mass is 16.6. The maximum Gasteiger partial charge on any atom is 0.127 e. The molecule has 8 bridgehead atoms. The zero-order valence-corrected chi connectivity index (χ0v) is 33.9. The molecule has 0 spiro atoms. The fraction of sp³-hybridized carbons (Fsp3) is 0.154. The summed E-state index contributed by atoms with van der Waals surface area (Å²) in [5.41, 5.74) is 20.6. The summed E-state index contributed by atoms with van der Waals surface area (Å²) in [5, 5.41) is 0. The first-order chi connectivity index (χ1) is 30.2. The Hall–Kier alpha value is -6.88. The van der Waals surface area contributed by atoms with Crippen LogP contribution in [0.2, 0.25) is 0 Å². The number of para-hydroxylation sites is 1. The van der Waals surface area contributed by atoms with Gasteiger partial charge in [0.2, 0.25) is 0 Å². The van der Waals surface area contributed by atoms with Crippen molar-refractivity contribution in [1.29, 1.82) is 0 Å². The summed E-state index contributed by atoms with van der Waals surface area (Å²) in [6, 6.07) is 48.0. The van der Waals surface area contributed by atoms with Crippen molar-refractivity contribution < 1.29 is 18.9 Å². The Kier molecular flexibility index (Phi) is 12.3. The summed E-state index contributed by atoms with van der Waals surface area (Å²) >= 11 is 0. The van der Waals surface area contributed by atoms with Gasteiger partial charge in [-0.1, -0.05) is 109 Å². The highest BCUT2D eigenvalue weighted by Gasteiger charge is 2.20. The molecule has 4 N–H and O–H groups in total. The summed E-state index contributed by atoms with van der Waals surface area (Å²) < 4.78 is 23.3. The van der Waals surface area contributed by atoms with Gasteiger partial charge in [-0.2, -0.15) is 0 Å². The van der Waals surface area contributed by atoms with Crippen LogP contribution >= 0.6 is 0 Å². The second-order valence-electron chi connectivity index (χ2n) is 14.6. The SMILES string of the molecule is NCCOCCOCCOCCOc1ccccc1-c1c2nc(c(-c3ccccc3)c3ccc([nH]3)c(-c3ccccc3)c3nc(c(-c4ccccc4)c4ccc1[nH]4)C=C3)C=C2.